The predicted molar refractivity (Wildman–Crippen MR) is 130 cm³/mol. The lowest BCUT2D eigenvalue weighted by atomic mass is 10.0. The summed E-state index contributed by atoms with van der Waals surface area (Å²) in [6, 6.07) is 11.9. The van der Waals surface area contributed by atoms with Crippen LogP contribution in [0.5, 0.6) is 17.2 Å². The van der Waals surface area contributed by atoms with Gasteiger partial charge in [-0.2, -0.15) is 0 Å². The lowest BCUT2D eigenvalue weighted by Crippen LogP contribution is -2.17. The Labute approximate surface area is 193 Å². The Bertz CT molecular complexity index is 1000. The van der Waals surface area contributed by atoms with Gasteiger partial charge in [-0.3, -0.25) is 4.79 Å². The first-order chi connectivity index (χ1) is 14.9. The number of rotatable bonds is 9. The number of carbonyl (C=O) groups excluding carboxylic acids is 1. The quantitative estimate of drug-likeness (QED) is 0.306. The van der Waals surface area contributed by atoms with Crippen molar-refractivity contribution in [3.8, 4) is 17.2 Å². The van der Waals surface area contributed by atoms with Gasteiger partial charge < -0.3 is 19.5 Å². The smallest absolute Gasteiger partial charge is 0.263 e. The molecule has 0 spiro atoms. The van der Waals surface area contributed by atoms with Crippen molar-refractivity contribution in [2.75, 3.05) is 20.3 Å². The molecule has 0 bridgehead atoms. The van der Waals surface area contributed by atoms with E-state index < -0.39 is 0 Å². The minimum absolute atomic E-state index is 0.177. The predicted octanol–water partition coefficient (Wildman–Crippen LogP) is 5.46. The number of nitrogens with one attached hydrogen (secondary N) is 1. The first kappa shape index (κ1) is 23.2. The maximum Gasteiger partial charge on any atom is 0.263 e. The molecule has 1 amide bonds. The monoisotopic (exact) mass is 457 g/mol. The largest absolute Gasteiger partial charge is 0.493 e. The van der Waals surface area contributed by atoms with E-state index in [2.05, 4.69) is 44.3 Å². The van der Waals surface area contributed by atoms with Crippen molar-refractivity contribution >= 4 is 40.3 Å². The van der Waals surface area contributed by atoms with Crippen molar-refractivity contribution in [1.29, 1.82) is 0 Å². The van der Waals surface area contributed by atoms with Crippen LogP contribution in [-0.4, -0.2) is 30.6 Å². The molecule has 0 unspecified atom stereocenters. The number of thiocarbonyl (C=S) groups is 1. The highest BCUT2D eigenvalue weighted by molar-refractivity contribution is 8.26. The highest BCUT2D eigenvalue weighted by atomic mass is 32.2. The van der Waals surface area contributed by atoms with E-state index in [-0.39, 0.29) is 5.91 Å². The van der Waals surface area contributed by atoms with Crippen LogP contribution in [0.3, 0.4) is 0 Å². The molecule has 1 heterocycles. The Hall–Kier alpha value is -2.51. The minimum Gasteiger partial charge on any atom is -0.493 e. The van der Waals surface area contributed by atoms with Crippen molar-refractivity contribution in [3.63, 3.8) is 0 Å². The Morgan fingerprint density at radius 1 is 1.06 bits per heavy atom. The first-order valence-electron chi connectivity index (χ1n) is 10.2. The van der Waals surface area contributed by atoms with E-state index in [0.29, 0.717) is 39.9 Å². The summed E-state index contributed by atoms with van der Waals surface area (Å²) in [5.74, 6) is 2.44. The maximum absolute atomic E-state index is 11.8. The van der Waals surface area contributed by atoms with Gasteiger partial charge in [-0.25, -0.2) is 0 Å². The molecular weight excluding hydrogens is 430 g/mol. The molecule has 0 saturated carbocycles. The van der Waals surface area contributed by atoms with Crippen LogP contribution in [0.4, 0.5) is 0 Å². The van der Waals surface area contributed by atoms with Gasteiger partial charge in [0.25, 0.3) is 5.91 Å². The fraction of sp³-hybridized carbons (Fsp3) is 0.333. The molecule has 0 radical (unpaired) electrons. The fourth-order valence-corrected chi connectivity index (χ4v) is 4.18. The Balaban J connectivity index is 1.55. The van der Waals surface area contributed by atoms with Crippen LogP contribution in [0.2, 0.25) is 0 Å². The number of ether oxygens (including phenoxy) is 3. The molecule has 2 aromatic carbocycles. The van der Waals surface area contributed by atoms with Crippen molar-refractivity contribution in [2.45, 2.75) is 33.1 Å². The average molecular weight is 458 g/mol. The molecule has 1 saturated heterocycles. The highest BCUT2D eigenvalue weighted by Gasteiger charge is 2.22. The summed E-state index contributed by atoms with van der Waals surface area (Å²) in [5.41, 5.74) is 3.24. The van der Waals surface area contributed by atoms with Crippen molar-refractivity contribution < 1.29 is 19.0 Å². The molecule has 0 aliphatic carbocycles. The van der Waals surface area contributed by atoms with Crippen LogP contribution in [-0.2, 0) is 4.79 Å². The molecule has 1 aliphatic heterocycles. The summed E-state index contributed by atoms with van der Waals surface area (Å²) in [4.78, 5) is 12.4. The summed E-state index contributed by atoms with van der Waals surface area (Å²) < 4.78 is 17.8. The Kier molecular flexibility index (Phi) is 7.98. The van der Waals surface area contributed by atoms with Gasteiger partial charge in [0.1, 0.15) is 10.1 Å². The molecular formula is C24H27NO4S2. The van der Waals surface area contributed by atoms with E-state index in [4.69, 9.17) is 26.4 Å². The summed E-state index contributed by atoms with van der Waals surface area (Å²) in [6.07, 6.45) is 2.53. The third kappa shape index (κ3) is 6.24. The second-order valence-corrected chi connectivity index (χ2v) is 9.23. The number of aryl methyl sites for hydroxylation is 1. The molecule has 5 nitrogen and oxygen atoms in total. The minimum atomic E-state index is -0.177. The van der Waals surface area contributed by atoms with E-state index in [1.165, 1.54) is 22.9 Å². The third-order valence-corrected chi connectivity index (χ3v) is 5.89. The van der Waals surface area contributed by atoms with E-state index >= 15 is 0 Å². The highest BCUT2D eigenvalue weighted by Crippen LogP contribution is 2.32. The number of hydrogen-bond acceptors (Lipinski definition) is 6. The van der Waals surface area contributed by atoms with Crippen LogP contribution in [0.1, 0.15) is 42.9 Å². The molecule has 0 aromatic heterocycles. The number of carbonyl (C=O) groups is 1. The van der Waals surface area contributed by atoms with Gasteiger partial charge in [0, 0.05) is 6.42 Å². The van der Waals surface area contributed by atoms with Crippen molar-refractivity contribution in [2.24, 2.45) is 0 Å². The van der Waals surface area contributed by atoms with Crippen LogP contribution in [0.15, 0.2) is 41.3 Å². The number of thioether (sulfide) groups is 1. The number of benzene rings is 2. The van der Waals surface area contributed by atoms with Gasteiger partial charge in [0.15, 0.2) is 11.5 Å². The van der Waals surface area contributed by atoms with Crippen LogP contribution < -0.4 is 19.5 Å². The molecule has 1 fully saturated rings. The van der Waals surface area contributed by atoms with Crippen LogP contribution >= 0.6 is 24.0 Å². The van der Waals surface area contributed by atoms with E-state index in [1.807, 2.05) is 18.2 Å². The van der Waals surface area contributed by atoms with Crippen LogP contribution in [0, 0.1) is 6.92 Å². The van der Waals surface area contributed by atoms with Gasteiger partial charge in [-0.15, -0.1) is 0 Å². The molecule has 164 valence electrons. The van der Waals surface area contributed by atoms with E-state index in [9.17, 15) is 4.79 Å². The normalized spacial score (nSPS) is 14.8. The van der Waals surface area contributed by atoms with Crippen molar-refractivity contribution in [1.82, 2.24) is 5.32 Å². The summed E-state index contributed by atoms with van der Waals surface area (Å²) in [7, 11) is 1.60. The van der Waals surface area contributed by atoms with Crippen molar-refractivity contribution in [3.05, 3.63) is 58.0 Å². The Morgan fingerprint density at radius 2 is 1.81 bits per heavy atom. The van der Waals surface area contributed by atoms with Gasteiger partial charge in [0.2, 0.25) is 0 Å². The molecule has 0 atom stereocenters. The topological polar surface area (TPSA) is 56.8 Å². The number of hydrogen-bond donors (Lipinski definition) is 1. The second-order valence-electron chi connectivity index (χ2n) is 7.51. The van der Waals surface area contributed by atoms with Gasteiger partial charge >= 0.3 is 0 Å². The third-order valence-electron chi connectivity index (χ3n) is 4.72. The second kappa shape index (κ2) is 10.7. The number of methoxy groups -OCH3 is 1. The molecule has 31 heavy (non-hydrogen) atoms. The van der Waals surface area contributed by atoms with Gasteiger partial charge in [-0.1, -0.05) is 56.0 Å². The lowest BCUT2D eigenvalue weighted by Gasteiger charge is -2.15. The van der Waals surface area contributed by atoms with Gasteiger partial charge in [-0.05, 0) is 53.8 Å². The molecule has 1 aliphatic rings. The van der Waals surface area contributed by atoms with Gasteiger partial charge in [0.05, 0.1) is 25.2 Å². The zero-order valence-electron chi connectivity index (χ0n) is 18.2. The van der Waals surface area contributed by atoms with E-state index in [0.717, 1.165) is 17.7 Å². The molecule has 2 aromatic rings. The summed E-state index contributed by atoms with van der Waals surface area (Å²) in [6.45, 7) is 7.48. The summed E-state index contributed by atoms with van der Waals surface area (Å²) >= 11 is 6.27. The number of amides is 1. The SMILES string of the molecule is COc1cc(C=C2SC(=S)NC2=O)ccc1OCCCOc1cc(C)ccc1C(C)C. The zero-order chi connectivity index (χ0) is 22.4. The maximum atomic E-state index is 11.8. The molecule has 1 N–H and O–H groups in total. The summed E-state index contributed by atoms with van der Waals surface area (Å²) in [5, 5.41) is 2.61. The van der Waals surface area contributed by atoms with E-state index in [1.54, 1.807) is 13.2 Å². The lowest BCUT2D eigenvalue weighted by molar-refractivity contribution is -0.115. The average Bonchev–Trinajstić information content (AvgIpc) is 3.04. The Morgan fingerprint density at radius 3 is 2.45 bits per heavy atom. The van der Waals surface area contributed by atoms with Crippen LogP contribution in [0.25, 0.3) is 6.08 Å². The fourth-order valence-electron chi connectivity index (χ4n) is 3.13. The first-order valence-corrected chi connectivity index (χ1v) is 11.4. The molecule has 7 heteroatoms. The molecule has 3 rings (SSSR count). The zero-order valence-corrected chi connectivity index (χ0v) is 19.8. The standard InChI is InChI=1S/C24H27NO4S2/c1-15(2)18-8-6-16(3)12-20(18)29-11-5-10-28-19-9-7-17(13-21(19)27-4)14-22-23(26)25-24(30)31-22/h6-9,12-15H,5,10-11H2,1-4H3,(H,25,26,30).